The normalized spacial score (nSPS) is 12.0. The van der Waals surface area contributed by atoms with Gasteiger partial charge < -0.3 is 20.8 Å². The molecular weight excluding hydrogens is 342 g/mol. The van der Waals surface area contributed by atoms with Gasteiger partial charge in [-0.2, -0.15) is 4.98 Å². The van der Waals surface area contributed by atoms with E-state index in [-0.39, 0.29) is 24.3 Å². The van der Waals surface area contributed by atoms with E-state index in [4.69, 9.17) is 0 Å². The van der Waals surface area contributed by atoms with Crippen molar-refractivity contribution in [3.8, 4) is 17.0 Å². The van der Waals surface area contributed by atoms with Crippen molar-refractivity contribution in [2.75, 3.05) is 17.2 Å². The summed E-state index contributed by atoms with van der Waals surface area (Å²) < 4.78 is 0. The fourth-order valence-electron chi connectivity index (χ4n) is 2.57. The molecule has 0 spiro atoms. The number of rotatable bonds is 7. The van der Waals surface area contributed by atoms with Crippen molar-refractivity contribution in [2.45, 2.75) is 19.9 Å². The van der Waals surface area contributed by atoms with Crippen LogP contribution in [0.4, 0.5) is 17.5 Å². The Morgan fingerprint density at radius 2 is 1.81 bits per heavy atom. The maximum atomic E-state index is 9.67. The van der Waals surface area contributed by atoms with Crippen molar-refractivity contribution in [1.82, 2.24) is 15.0 Å². The van der Waals surface area contributed by atoms with E-state index >= 15 is 0 Å². The van der Waals surface area contributed by atoms with Crippen molar-refractivity contribution < 1.29 is 10.2 Å². The molecule has 0 saturated carbocycles. The largest absolute Gasteiger partial charge is 0.508 e. The van der Waals surface area contributed by atoms with Crippen LogP contribution >= 0.6 is 0 Å². The lowest BCUT2D eigenvalue weighted by Gasteiger charge is -2.20. The average molecular weight is 365 g/mol. The van der Waals surface area contributed by atoms with Crippen molar-refractivity contribution in [3.05, 3.63) is 54.9 Å². The van der Waals surface area contributed by atoms with Gasteiger partial charge in [0.1, 0.15) is 11.6 Å². The molecule has 1 atom stereocenters. The Labute approximate surface area is 158 Å². The van der Waals surface area contributed by atoms with Crippen molar-refractivity contribution in [2.24, 2.45) is 5.92 Å². The number of nitrogens with one attached hydrogen (secondary N) is 2. The number of anilines is 3. The molecule has 7 nitrogen and oxygen atoms in total. The van der Waals surface area contributed by atoms with E-state index in [0.29, 0.717) is 17.5 Å². The number of aliphatic hydroxyl groups excluding tert-OH is 1. The Hall–Kier alpha value is -3.19. The van der Waals surface area contributed by atoms with Crippen molar-refractivity contribution >= 4 is 17.5 Å². The second-order valence-electron chi connectivity index (χ2n) is 6.55. The maximum Gasteiger partial charge on any atom is 0.225 e. The lowest BCUT2D eigenvalue weighted by molar-refractivity contribution is 0.248. The molecule has 1 aromatic carbocycles. The number of phenolic OH excluding ortho intramolecular Hbond substituents is 1. The summed E-state index contributed by atoms with van der Waals surface area (Å²) in [7, 11) is 0. The minimum atomic E-state index is -0.161. The quantitative estimate of drug-likeness (QED) is 0.509. The number of benzene rings is 1. The molecule has 3 rings (SSSR count). The van der Waals surface area contributed by atoms with Gasteiger partial charge in [-0.05, 0) is 30.2 Å². The predicted molar refractivity (Wildman–Crippen MR) is 106 cm³/mol. The number of phenols is 1. The van der Waals surface area contributed by atoms with Crippen LogP contribution in [-0.2, 0) is 0 Å². The fraction of sp³-hybridized carbons (Fsp3) is 0.250. The summed E-state index contributed by atoms with van der Waals surface area (Å²) in [4.78, 5) is 13.1. The highest BCUT2D eigenvalue weighted by Crippen LogP contribution is 2.25. The number of pyridine rings is 1. The zero-order valence-corrected chi connectivity index (χ0v) is 15.3. The maximum absolute atomic E-state index is 9.67. The van der Waals surface area contributed by atoms with Crippen LogP contribution in [0.15, 0.2) is 54.9 Å². The van der Waals surface area contributed by atoms with E-state index < -0.39 is 0 Å². The van der Waals surface area contributed by atoms with E-state index in [0.717, 1.165) is 11.3 Å². The van der Waals surface area contributed by atoms with E-state index in [1.54, 1.807) is 30.6 Å². The van der Waals surface area contributed by atoms with Gasteiger partial charge in [-0.25, -0.2) is 4.98 Å². The van der Waals surface area contributed by atoms with Gasteiger partial charge in [0.15, 0.2) is 0 Å². The molecule has 2 aromatic heterocycles. The van der Waals surface area contributed by atoms with Crippen LogP contribution in [0.1, 0.15) is 13.8 Å². The molecule has 0 aliphatic carbocycles. The van der Waals surface area contributed by atoms with Gasteiger partial charge in [0.2, 0.25) is 5.95 Å². The molecule has 27 heavy (non-hydrogen) atoms. The molecular formula is C20H23N5O2. The van der Waals surface area contributed by atoms with Crippen LogP contribution < -0.4 is 10.6 Å². The first-order valence-corrected chi connectivity index (χ1v) is 8.78. The zero-order chi connectivity index (χ0) is 19.2. The van der Waals surface area contributed by atoms with Gasteiger partial charge in [-0.3, -0.25) is 4.98 Å². The fourth-order valence-corrected chi connectivity index (χ4v) is 2.57. The summed E-state index contributed by atoms with van der Waals surface area (Å²) in [5.41, 5.74) is 2.33. The van der Waals surface area contributed by atoms with E-state index in [1.807, 2.05) is 38.1 Å². The van der Waals surface area contributed by atoms with Crippen LogP contribution in [0.3, 0.4) is 0 Å². The smallest absolute Gasteiger partial charge is 0.225 e. The Bertz CT molecular complexity index is 887. The molecule has 0 bridgehead atoms. The van der Waals surface area contributed by atoms with Gasteiger partial charge in [0.25, 0.3) is 0 Å². The van der Waals surface area contributed by atoms with Crippen LogP contribution in [0.2, 0.25) is 0 Å². The number of aromatic nitrogens is 3. The van der Waals surface area contributed by atoms with Gasteiger partial charge in [0, 0.05) is 35.8 Å². The van der Waals surface area contributed by atoms with E-state index in [1.165, 1.54) is 0 Å². The van der Waals surface area contributed by atoms with Crippen molar-refractivity contribution in [3.63, 3.8) is 0 Å². The third-order valence-corrected chi connectivity index (χ3v) is 4.14. The summed E-state index contributed by atoms with van der Waals surface area (Å²) in [6.45, 7) is 4.02. The summed E-state index contributed by atoms with van der Waals surface area (Å²) in [5.74, 6) is 1.37. The molecule has 0 aliphatic heterocycles. The molecule has 140 valence electrons. The minimum Gasteiger partial charge on any atom is -0.508 e. The molecule has 2 heterocycles. The van der Waals surface area contributed by atoms with Crippen LogP contribution in [0.5, 0.6) is 5.75 Å². The second kappa shape index (κ2) is 8.46. The first-order chi connectivity index (χ1) is 13.0. The van der Waals surface area contributed by atoms with Gasteiger partial charge in [0.05, 0.1) is 18.3 Å². The molecule has 3 aromatic rings. The van der Waals surface area contributed by atoms with Gasteiger partial charge in [-0.15, -0.1) is 0 Å². The number of aliphatic hydroxyl groups is 1. The summed E-state index contributed by atoms with van der Waals surface area (Å²) in [6.07, 6.45) is 3.41. The highest BCUT2D eigenvalue weighted by Gasteiger charge is 2.15. The Morgan fingerprint density at radius 3 is 2.48 bits per heavy atom. The number of aromatic hydroxyl groups is 1. The number of hydrogen-bond donors (Lipinski definition) is 4. The number of nitrogens with zero attached hydrogens (tertiary/aromatic N) is 3. The average Bonchev–Trinajstić information content (AvgIpc) is 2.66. The highest BCUT2D eigenvalue weighted by molar-refractivity contribution is 5.67. The predicted octanol–water partition coefficient (Wildman–Crippen LogP) is 3.42. The SMILES string of the molecule is CC(C)[C@@H](CO)Nc1nc(Nc2cccc(O)c2)cc(-c2ccncc2)n1. The van der Waals surface area contributed by atoms with Gasteiger partial charge >= 0.3 is 0 Å². The first kappa shape index (κ1) is 18.6. The Kier molecular flexibility index (Phi) is 5.83. The molecule has 4 N–H and O–H groups in total. The van der Waals surface area contributed by atoms with Crippen LogP contribution in [0, 0.1) is 5.92 Å². The monoisotopic (exact) mass is 365 g/mol. The summed E-state index contributed by atoms with van der Waals surface area (Å²) >= 11 is 0. The van der Waals surface area contributed by atoms with Crippen LogP contribution in [0.25, 0.3) is 11.3 Å². The topological polar surface area (TPSA) is 103 Å². The molecule has 0 fully saturated rings. The molecule has 7 heteroatoms. The molecule has 0 unspecified atom stereocenters. The summed E-state index contributed by atoms with van der Waals surface area (Å²) in [6, 6.07) is 12.2. The molecule has 0 radical (unpaired) electrons. The Balaban J connectivity index is 1.97. The van der Waals surface area contributed by atoms with E-state index in [9.17, 15) is 10.2 Å². The Morgan fingerprint density at radius 1 is 1.04 bits per heavy atom. The lowest BCUT2D eigenvalue weighted by atomic mass is 10.1. The van der Waals surface area contributed by atoms with Gasteiger partial charge in [-0.1, -0.05) is 19.9 Å². The lowest BCUT2D eigenvalue weighted by Crippen LogP contribution is -2.30. The second-order valence-corrected chi connectivity index (χ2v) is 6.55. The minimum absolute atomic E-state index is 0.0180. The molecule has 0 saturated heterocycles. The third-order valence-electron chi connectivity index (χ3n) is 4.14. The number of hydrogen-bond acceptors (Lipinski definition) is 7. The van der Waals surface area contributed by atoms with Crippen molar-refractivity contribution in [1.29, 1.82) is 0 Å². The third kappa shape index (κ3) is 4.92. The standard InChI is InChI=1S/C20H23N5O2/c1-13(2)18(12-26)24-20-23-17(14-6-8-21-9-7-14)11-19(25-20)22-15-4-3-5-16(27)10-15/h3-11,13,18,26-27H,12H2,1-2H3,(H2,22,23,24,25)/t18-/m1/s1. The summed E-state index contributed by atoms with van der Waals surface area (Å²) in [5, 5.41) is 25.7. The van der Waals surface area contributed by atoms with E-state index in [2.05, 4.69) is 25.6 Å². The highest BCUT2D eigenvalue weighted by atomic mass is 16.3. The molecule has 0 amide bonds. The zero-order valence-electron chi connectivity index (χ0n) is 15.3. The molecule has 0 aliphatic rings. The first-order valence-electron chi connectivity index (χ1n) is 8.78. The van der Waals surface area contributed by atoms with Crippen LogP contribution in [-0.4, -0.2) is 37.8 Å².